The number of hydrogen-bond acceptors (Lipinski definition) is 3. The lowest BCUT2D eigenvalue weighted by Gasteiger charge is -2.27. The Morgan fingerprint density at radius 1 is 0.926 bits per heavy atom. The Kier molecular flexibility index (Phi) is 5.58. The highest BCUT2D eigenvalue weighted by atomic mass is 32.2. The van der Waals surface area contributed by atoms with Gasteiger partial charge in [0.2, 0.25) is 0 Å². The second-order valence-electron chi connectivity index (χ2n) is 6.23. The highest BCUT2D eigenvalue weighted by Crippen LogP contribution is 2.29. The van der Waals surface area contributed by atoms with Crippen LogP contribution in [0, 0.1) is 12.7 Å². The van der Waals surface area contributed by atoms with Crippen molar-refractivity contribution >= 4 is 15.7 Å². The molecule has 0 saturated carbocycles. The van der Waals surface area contributed by atoms with Gasteiger partial charge in [-0.3, -0.25) is 4.31 Å². The molecule has 3 aromatic carbocycles. The molecule has 3 rings (SSSR count). The zero-order valence-corrected chi connectivity index (χ0v) is 15.6. The van der Waals surface area contributed by atoms with E-state index in [2.05, 4.69) is 0 Å². The molecule has 0 aliphatic carbocycles. The van der Waals surface area contributed by atoms with Gasteiger partial charge in [0.1, 0.15) is 5.82 Å². The average molecular weight is 385 g/mol. The van der Waals surface area contributed by atoms with Crippen LogP contribution in [0.4, 0.5) is 10.1 Å². The minimum atomic E-state index is -4.06. The Hall–Kier alpha value is -2.70. The van der Waals surface area contributed by atoms with Crippen LogP contribution in [0.2, 0.25) is 0 Å². The first kappa shape index (κ1) is 19.1. The van der Waals surface area contributed by atoms with E-state index < -0.39 is 21.9 Å². The molecule has 0 saturated heterocycles. The Balaban J connectivity index is 2.05. The van der Waals surface area contributed by atoms with Crippen molar-refractivity contribution in [2.75, 3.05) is 10.8 Å². The van der Waals surface area contributed by atoms with Crippen LogP contribution in [0.15, 0.2) is 83.8 Å². The first-order valence-electron chi connectivity index (χ1n) is 8.46. The number of nitrogens with zero attached hydrogens (tertiary/aromatic N) is 1. The quantitative estimate of drug-likeness (QED) is 0.696. The highest BCUT2D eigenvalue weighted by molar-refractivity contribution is 7.92. The van der Waals surface area contributed by atoms with Crippen molar-refractivity contribution in [2.24, 2.45) is 0 Å². The van der Waals surface area contributed by atoms with Crippen LogP contribution in [0.3, 0.4) is 0 Å². The number of aryl methyl sites for hydroxylation is 1. The second-order valence-corrected chi connectivity index (χ2v) is 8.09. The number of aliphatic hydroxyl groups is 1. The van der Waals surface area contributed by atoms with Crippen molar-refractivity contribution in [3.8, 4) is 0 Å². The summed E-state index contributed by atoms with van der Waals surface area (Å²) in [6.45, 7) is 1.55. The SMILES string of the molecule is Cc1ccc(S(=O)(=O)N(CC(O)c2ccccc2)c2ccccc2F)cc1. The molecule has 0 heterocycles. The van der Waals surface area contributed by atoms with Crippen LogP contribution in [-0.4, -0.2) is 20.1 Å². The fourth-order valence-electron chi connectivity index (χ4n) is 2.76. The van der Waals surface area contributed by atoms with E-state index in [1.807, 2.05) is 6.92 Å². The number of para-hydroxylation sites is 1. The number of rotatable bonds is 6. The smallest absolute Gasteiger partial charge is 0.264 e. The molecule has 0 amide bonds. The molecule has 0 radical (unpaired) electrons. The molecule has 4 nitrogen and oxygen atoms in total. The molecule has 1 unspecified atom stereocenters. The maximum atomic E-state index is 14.4. The number of benzene rings is 3. The minimum absolute atomic E-state index is 0.0385. The zero-order chi connectivity index (χ0) is 19.4. The standard InChI is InChI=1S/C21H20FNO3S/c1-16-11-13-18(14-12-16)27(25,26)23(20-10-6-5-9-19(20)22)15-21(24)17-7-3-2-4-8-17/h2-14,21,24H,15H2,1H3. The molecular formula is C21H20FNO3S. The molecule has 6 heteroatoms. The number of anilines is 1. The van der Waals surface area contributed by atoms with Gasteiger partial charge in [-0.2, -0.15) is 0 Å². The highest BCUT2D eigenvalue weighted by Gasteiger charge is 2.29. The molecule has 1 N–H and O–H groups in total. The predicted molar refractivity (Wildman–Crippen MR) is 104 cm³/mol. The van der Waals surface area contributed by atoms with Gasteiger partial charge >= 0.3 is 0 Å². The summed E-state index contributed by atoms with van der Waals surface area (Å²) in [5, 5.41) is 10.6. The fraction of sp³-hybridized carbons (Fsp3) is 0.143. The van der Waals surface area contributed by atoms with Crippen LogP contribution in [0.5, 0.6) is 0 Å². The van der Waals surface area contributed by atoms with Crippen LogP contribution >= 0.6 is 0 Å². The van der Waals surface area contributed by atoms with Gasteiger partial charge in [0.15, 0.2) is 0 Å². The van der Waals surface area contributed by atoms with E-state index in [0.717, 1.165) is 9.87 Å². The number of hydrogen-bond donors (Lipinski definition) is 1. The monoisotopic (exact) mass is 385 g/mol. The van der Waals surface area contributed by atoms with Gasteiger partial charge < -0.3 is 5.11 Å². The van der Waals surface area contributed by atoms with Crippen molar-refractivity contribution in [2.45, 2.75) is 17.9 Å². The summed E-state index contributed by atoms with van der Waals surface area (Å²) in [5.74, 6) is -0.673. The molecule has 0 bridgehead atoms. The maximum Gasteiger partial charge on any atom is 0.264 e. The summed E-state index contributed by atoms with van der Waals surface area (Å²) < 4.78 is 41.8. The number of halogens is 1. The van der Waals surface area contributed by atoms with E-state index in [-0.39, 0.29) is 17.1 Å². The van der Waals surface area contributed by atoms with E-state index >= 15 is 0 Å². The van der Waals surface area contributed by atoms with Crippen LogP contribution in [0.25, 0.3) is 0 Å². The average Bonchev–Trinajstić information content (AvgIpc) is 2.67. The normalized spacial score (nSPS) is 12.6. The molecule has 1 atom stereocenters. The topological polar surface area (TPSA) is 57.6 Å². The number of aliphatic hydroxyl groups excluding tert-OH is 1. The molecule has 0 aromatic heterocycles. The van der Waals surface area contributed by atoms with E-state index in [0.29, 0.717) is 5.56 Å². The summed E-state index contributed by atoms with van der Waals surface area (Å²) >= 11 is 0. The van der Waals surface area contributed by atoms with Gasteiger partial charge in [-0.05, 0) is 36.8 Å². The number of sulfonamides is 1. The Morgan fingerprint density at radius 3 is 2.15 bits per heavy atom. The van der Waals surface area contributed by atoms with E-state index in [1.54, 1.807) is 48.5 Å². The van der Waals surface area contributed by atoms with Crippen molar-refractivity contribution in [1.82, 2.24) is 0 Å². The van der Waals surface area contributed by atoms with Crippen molar-refractivity contribution in [3.05, 3.63) is 95.8 Å². The van der Waals surface area contributed by atoms with Crippen molar-refractivity contribution in [1.29, 1.82) is 0 Å². The molecule has 0 aliphatic rings. The lowest BCUT2D eigenvalue weighted by atomic mass is 10.1. The minimum Gasteiger partial charge on any atom is -0.387 e. The van der Waals surface area contributed by atoms with Crippen LogP contribution in [0.1, 0.15) is 17.2 Å². The summed E-state index contributed by atoms with van der Waals surface area (Å²) in [4.78, 5) is 0.0385. The van der Waals surface area contributed by atoms with Gasteiger partial charge in [0.05, 0.1) is 23.2 Å². The van der Waals surface area contributed by atoms with Crippen molar-refractivity contribution in [3.63, 3.8) is 0 Å². The third-order valence-corrected chi connectivity index (χ3v) is 6.05. The first-order valence-corrected chi connectivity index (χ1v) is 9.90. The summed E-state index contributed by atoms with van der Waals surface area (Å²) in [6, 6.07) is 20.6. The Labute approximate surface area is 158 Å². The Morgan fingerprint density at radius 2 is 1.52 bits per heavy atom. The largest absolute Gasteiger partial charge is 0.387 e. The summed E-state index contributed by atoms with van der Waals surface area (Å²) in [7, 11) is -4.06. The fourth-order valence-corrected chi connectivity index (χ4v) is 4.23. The Bertz CT molecular complexity index is 1010. The third-order valence-electron chi connectivity index (χ3n) is 4.25. The van der Waals surface area contributed by atoms with Gasteiger partial charge in [-0.1, -0.05) is 60.2 Å². The molecule has 27 heavy (non-hydrogen) atoms. The molecule has 0 fully saturated rings. The first-order chi connectivity index (χ1) is 12.9. The predicted octanol–water partition coefficient (Wildman–Crippen LogP) is 4.06. The molecular weight excluding hydrogens is 365 g/mol. The second kappa shape index (κ2) is 7.90. The molecule has 0 aliphatic heterocycles. The summed E-state index contributed by atoms with van der Waals surface area (Å²) in [5.41, 5.74) is 1.36. The molecule has 3 aromatic rings. The maximum absolute atomic E-state index is 14.4. The van der Waals surface area contributed by atoms with Crippen LogP contribution < -0.4 is 4.31 Å². The summed E-state index contributed by atoms with van der Waals surface area (Å²) in [6.07, 6.45) is -1.11. The zero-order valence-electron chi connectivity index (χ0n) is 14.8. The molecule has 140 valence electrons. The third kappa shape index (κ3) is 4.18. The van der Waals surface area contributed by atoms with Crippen LogP contribution in [-0.2, 0) is 10.0 Å². The van der Waals surface area contributed by atoms with Gasteiger partial charge in [-0.15, -0.1) is 0 Å². The van der Waals surface area contributed by atoms with Gasteiger partial charge in [-0.25, -0.2) is 12.8 Å². The van der Waals surface area contributed by atoms with Crippen molar-refractivity contribution < 1.29 is 17.9 Å². The van der Waals surface area contributed by atoms with Gasteiger partial charge in [0, 0.05) is 0 Å². The van der Waals surface area contributed by atoms with E-state index in [9.17, 15) is 17.9 Å². The van der Waals surface area contributed by atoms with E-state index in [4.69, 9.17) is 0 Å². The van der Waals surface area contributed by atoms with E-state index in [1.165, 1.54) is 30.3 Å². The lowest BCUT2D eigenvalue weighted by molar-refractivity contribution is 0.187. The van der Waals surface area contributed by atoms with Gasteiger partial charge in [0.25, 0.3) is 10.0 Å². The lowest BCUT2D eigenvalue weighted by Crippen LogP contribution is -2.35. The molecule has 0 spiro atoms.